The van der Waals surface area contributed by atoms with E-state index in [0.29, 0.717) is 12.8 Å². The summed E-state index contributed by atoms with van der Waals surface area (Å²) in [5.41, 5.74) is -0.784. The topological polar surface area (TPSA) is 17.1 Å². The zero-order valence-electron chi connectivity index (χ0n) is 9.35. The summed E-state index contributed by atoms with van der Waals surface area (Å²) < 4.78 is 37.8. The summed E-state index contributed by atoms with van der Waals surface area (Å²) in [5.74, 6) is 2.05. The summed E-state index contributed by atoms with van der Waals surface area (Å²) in [7, 11) is 0. The molecule has 1 aromatic carbocycles. The van der Waals surface area contributed by atoms with E-state index in [0.717, 1.165) is 6.07 Å². The van der Waals surface area contributed by atoms with Gasteiger partial charge in [-0.25, -0.2) is 0 Å². The van der Waals surface area contributed by atoms with Gasteiger partial charge < -0.3 is 0 Å². The van der Waals surface area contributed by atoms with Gasteiger partial charge in [0.05, 0.1) is 5.56 Å². The molecule has 1 rings (SSSR count). The Bertz CT molecular complexity index is 486. The largest absolute Gasteiger partial charge is 0.417 e. The standard InChI is InChI=1S/C13H10BrF3O/c1-2-3-4-5-12(18)9-6-7-11(14)10(8-9)13(15,16)17/h1,6-8H,3-5H2. The first-order valence-corrected chi connectivity index (χ1v) is 5.99. The van der Waals surface area contributed by atoms with E-state index in [2.05, 4.69) is 21.9 Å². The molecule has 0 spiro atoms. The van der Waals surface area contributed by atoms with Crippen LogP contribution in [0, 0.1) is 12.3 Å². The molecule has 0 bridgehead atoms. The molecule has 0 unspecified atom stereocenters. The molecule has 0 aliphatic carbocycles. The van der Waals surface area contributed by atoms with Crippen molar-refractivity contribution < 1.29 is 18.0 Å². The van der Waals surface area contributed by atoms with Gasteiger partial charge in [-0.2, -0.15) is 13.2 Å². The van der Waals surface area contributed by atoms with Gasteiger partial charge in [0, 0.05) is 22.9 Å². The summed E-state index contributed by atoms with van der Waals surface area (Å²) in [6.07, 6.45) is 1.63. The normalized spacial score (nSPS) is 11.1. The molecule has 0 atom stereocenters. The number of ketones is 1. The molecule has 18 heavy (non-hydrogen) atoms. The summed E-state index contributed by atoms with van der Waals surface area (Å²) >= 11 is 2.82. The van der Waals surface area contributed by atoms with Gasteiger partial charge >= 0.3 is 6.18 Å². The summed E-state index contributed by atoms with van der Waals surface area (Å²) in [4.78, 5) is 11.7. The van der Waals surface area contributed by atoms with E-state index in [4.69, 9.17) is 6.42 Å². The number of carbonyl (C=O) groups excluding carboxylic acids is 1. The van der Waals surface area contributed by atoms with E-state index >= 15 is 0 Å². The fraction of sp³-hybridized carbons (Fsp3) is 0.308. The Morgan fingerprint density at radius 1 is 1.39 bits per heavy atom. The Labute approximate surface area is 112 Å². The van der Waals surface area contributed by atoms with Crippen LogP contribution < -0.4 is 0 Å². The van der Waals surface area contributed by atoms with Gasteiger partial charge in [-0.1, -0.05) is 22.0 Å². The minimum absolute atomic E-state index is 0.0579. The van der Waals surface area contributed by atoms with Crippen LogP contribution in [0.3, 0.4) is 0 Å². The lowest BCUT2D eigenvalue weighted by atomic mass is 10.0. The molecule has 0 aromatic heterocycles. The first-order chi connectivity index (χ1) is 8.36. The minimum Gasteiger partial charge on any atom is -0.294 e. The highest BCUT2D eigenvalue weighted by molar-refractivity contribution is 9.10. The second kappa shape index (κ2) is 6.05. The van der Waals surface area contributed by atoms with Crippen LogP contribution in [0.1, 0.15) is 35.2 Å². The van der Waals surface area contributed by atoms with Crippen molar-refractivity contribution in [1.82, 2.24) is 0 Å². The number of rotatable bonds is 4. The van der Waals surface area contributed by atoms with E-state index in [1.165, 1.54) is 12.1 Å². The third-order valence-corrected chi connectivity index (χ3v) is 3.01. The van der Waals surface area contributed by atoms with Crippen LogP contribution in [0.4, 0.5) is 13.2 Å². The zero-order chi connectivity index (χ0) is 13.8. The van der Waals surface area contributed by atoms with Crippen LogP contribution in [-0.4, -0.2) is 5.78 Å². The number of unbranched alkanes of at least 4 members (excludes halogenated alkanes) is 1. The highest BCUT2D eigenvalue weighted by Gasteiger charge is 2.33. The third-order valence-electron chi connectivity index (χ3n) is 2.32. The molecule has 0 aliphatic rings. The van der Waals surface area contributed by atoms with Crippen LogP contribution in [0.2, 0.25) is 0 Å². The predicted octanol–water partition coefficient (Wildman–Crippen LogP) is 4.45. The minimum atomic E-state index is -4.48. The maximum Gasteiger partial charge on any atom is 0.417 e. The fourth-order valence-corrected chi connectivity index (χ4v) is 1.88. The number of Topliss-reactive ketones (excluding diaryl/α,β-unsaturated/α-hetero) is 1. The quantitative estimate of drug-likeness (QED) is 0.455. The Morgan fingerprint density at radius 2 is 2.06 bits per heavy atom. The molecule has 0 aliphatic heterocycles. The summed E-state index contributed by atoms with van der Waals surface area (Å²) in [6.45, 7) is 0. The SMILES string of the molecule is C#CCCCC(=O)c1ccc(Br)c(C(F)(F)F)c1. The third kappa shape index (κ3) is 3.88. The molecule has 5 heteroatoms. The molecular weight excluding hydrogens is 309 g/mol. The molecule has 0 fully saturated rings. The van der Waals surface area contributed by atoms with Gasteiger partial charge in [0.2, 0.25) is 0 Å². The molecule has 1 aromatic rings. The van der Waals surface area contributed by atoms with Crippen LogP contribution in [0.5, 0.6) is 0 Å². The number of halogens is 4. The van der Waals surface area contributed by atoms with Gasteiger partial charge in [-0.15, -0.1) is 12.3 Å². The van der Waals surface area contributed by atoms with Gasteiger partial charge in [0.15, 0.2) is 5.78 Å². The van der Waals surface area contributed by atoms with Crippen LogP contribution in [0.15, 0.2) is 22.7 Å². The Hall–Kier alpha value is -1.28. The van der Waals surface area contributed by atoms with E-state index in [1.807, 2.05) is 0 Å². The molecule has 0 radical (unpaired) electrons. The van der Waals surface area contributed by atoms with Gasteiger partial charge in [-0.05, 0) is 18.6 Å². The number of hydrogen-bond acceptors (Lipinski definition) is 1. The fourth-order valence-electron chi connectivity index (χ4n) is 1.41. The monoisotopic (exact) mass is 318 g/mol. The number of benzene rings is 1. The van der Waals surface area contributed by atoms with Gasteiger partial charge in [0.25, 0.3) is 0 Å². The Balaban J connectivity index is 2.92. The van der Waals surface area contributed by atoms with E-state index < -0.39 is 11.7 Å². The van der Waals surface area contributed by atoms with E-state index in [9.17, 15) is 18.0 Å². The maximum absolute atomic E-state index is 12.6. The molecule has 0 amide bonds. The van der Waals surface area contributed by atoms with Crippen molar-refractivity contribution in [3.63, 3.8) is 0 Å². The molecule has 0 saturated heterocycles. The molecule has 0 saturated carbocycles. The van der Waals surface area contributed by atoms with Crippen molar-refractivity contribution in [3.05, 3.63) is 33.8 Å². The van der Waals surface area contributed by atoms with Gasteiger partial charge in [-0.3, -0.25) is 4.79 Å². The summed E-state index contributed by atoms with van der Waals surface area (Å²) in [5, 5.41) is 0. The molecule has 1 nitrogen and oxygen atoms in total. The van der Waals surface area contributed by atoms with Crippen LogP contribution >= 0.6 is 15.9 Å². The molecular formula is C13H10BrF3O. The highest BCUT2D eigenvalue weighted by atomic mass is 79.9. The maximum atomic E-state index is 12.6. The number of hydrogen-bond donors (Lipinski definition) is 0. The van der Waals surface area contributed by atoms with Crippen LogP contribution in [-0.2, 0) is 6.18 Å². The average molecular weight is 319 g/mol. The number of carbonyl (C=O) groups is 1. The molecule has 96 valence electrons. The Kier molecular flexibility index (Phi) is 4.97. The van der Waals surface area contributed by atoms with Crippen LogP contribution in [0.25, 0.3) is 0 Å². The van der Waals surface area contributed by atoms with E-state index in [-0.39, 0.29) is 22.2 Å². The predicted molar refractivity (Wildman–Crippen MR) is 66.2 cm³/mol. The lowest BCUT2D eigenvalue weighted by Gasteiger charge is -2.10. The zero-order valence-corrected chi connectivity index (χ0v) is 10.9. The molecule has 0 heterocycles. The van der Waals surface area contributed by atoms with Gasteiger partial charge in [0.1, 0.15) is 0 Å². The smallest absolute Gasteiger partial charge is 0.294 e. The number of terminal acetylenes is 1. The first-order valence-electron chi connectivity index (χ1n) is 5.19. The van der Waals surface area contributed by atoms with Crippen molar-refractivity contribution in [3.8, 4) is 12.3 Å². The van der Waals surface area contributed by atoms with Crippen molar-refractivity contribution in [2.24, 2.45) is 0 Å². The first kappa shape index (κ1) is 14.8. The molecule has 0 N–H and O–H groups in total. The van der Waals surface area contributed by atoms with E-state index in [1.54, 1.807) is 0 Å². The second-order valence-corrected chi connectivity index (χ2v) is 4.53. The Morgan fingerprint density at radius 3 is 2.61 bits per heavy atom. The van der Waals surface area contributed by atoms with Crippen molar-refractivity contribution in [2.45, 2.75) is 25.4 Å². The van der Waals surface area contributed by atoms with Crippen molar-refractivity contribution in [1.29, 1.82) is 0 Å². The highest BCUT2D eigenvalue weighted by Crippen LogP contribution is 2.35. The summed E-state index contributed by atoms with van der Waals surface area (Å²) in [6, 6.07) is 3.47. The lowest BCUT2D eigenvalue weighted by Crippen LogP contribution is -2.08. The van der Waals surface area contributed by atoms with Crippen molar-refractivity contribution >= 4 is 21.7 Å². The van der Waals surface area contributed by atoms with Crippen molar-refractivity contribution in [2.75, 3.05) is 0 Å². The lowest BCUT2D eigenvalue weighted by molar-refractivity contribution is -0.138. The number of alkyl halides is 3. The average Bonchev–Trinajstić information content (AvgIpc) is 2.28. The second-order valence-electron chi connectivity index (χ2n) is 3.67.